The zero-order valence-electron chi connectivity index (χ0n) is 16.3. The molecule has 2 heterocycles. The number of nitrogens with one attached hydrogen (secondary N) is 1. The minimum absolute atomic E-state index is 0.0126. The van der Waals surface area contributed by atoms with Crippen LogP contribution in [-0.2, 0) is 27.3 Å². The van der Waals surface area contributed by atoms with Crippen LogP contribution in [0.3, 0.4) is 0 Å². The molecule has 0 saturated carbocycles. The Kier molecular flexibility index (Phi) is 12.5. The summed E-state index contributed by atoms with van der Waals surface area (Å²) in [6.07, 6.45) is -0.00990. The van der Waals surface area contributed by atoms with E-state index in [1.54, 1.807) is 12.1 Å². The van der Waals surface area contributed by atoms with Crippen LogP contribution in [0.4, 0.5) is 0 Å². The SMILES string of the molecule is CC.CC=O.CO.O=C1Cc2cc3c(cc2CNC(=O)C[C@H](O)C1)OCO3. The number of amides is 1. The van der Waals surface area contributed by atoms with Crippen molar-refractivity contribution >= 4 is 18.0 Å². The molecule has 0 aliphatic carbocycles. The molecule has 0 radical (unpaired) electrons. The van der Waals surface area contributed by atoms with E-state index in [1.165, 1.54) is 6.92 Å². The maximum Gasteiger partial charge on any atom is 0.231 e. The van der Waals surface area contributed by atoms with Crippen LogP contribution in [0, 0.1) is 0 Å². The summed E-state index contributed by atoms with van der Waals surface area (Å²) < 4.78 is 10.6. The number of rotatable bonds is 0. The second-order valence-corrected chi connectivity index (χ2v) is 5.26. The van der Waals surface area contributed by atoms with E-state index in [0.717, 1.165) is 24.5 Å². The fourth-order valence-electron chi connectivity index (χ4n) is 2.45. The number of hydrogen-bond acceptors (Lipinski definition) is 7. The number of Topliss-reactive ketones (excluding diaryl/α,β-unsaturated/α-hetero) is 1. The molecule has 0 bridgehead atoms. The van der Waals surface area contributed by atoms with E-state index in [-0.39, 0.29) is 37.7 Å². The molecule has 0 spiro atoms. The van der Waals surface area contributed by atoms with Crippen LogP contribution in [0.1, 0.15) is 44.7 Å². The Morgan fingerprint density at radius 1 is 1.07 bits per heavy atom. The van der Waals surface area contributed by atoms with Crippen LogP contribution >= 0.6 is 0 Å². The molecule has 0 unspecified atom stereocenters. The minimum Gasteiger partial charge on any atom is -0.454 e. The van der Waals surface area contributed by atoms with Gasteiger partial charge in [0, 0.05) is 26.5 Å². The van der Waals surface area contributed by atoms with Gasteiger partial charge in [0.05, 0.1) is 12.5 Å². The van der Waals surface area contributed by atoms with Gasteiger partial charge in [-0.3, -0.25) is 9.59 Å². The Morgan fingerprint density at radius 3 is 2.15 bits per heavy atom. The Morgan fingerprint density at radius 2 is 1.59 bits per heavy atom. The van der Waals surface area contributed by atoms with Gasteiger partial charge in [0.2, 0.25) is 12.7 Å². The molecule has 3 N–H and O–H groups in total. The predicted octanol–water partition coefficient (Wildman–Crippen LogP) is 1.14. The van der Waals surface area contributed by atoms with Crippen molar-refractivity contribution in [1.82, 2.24) is 5.32 Å². The minimum atomic E-state index is -0.918. The van der Waals surface area contributed by atoms with E-state index in [2.05, 4.69) is 5.32 Å². The average Bonchev–Trinajstić information content (AvgIpc) is 3.10. The summed E-state index contributed by atoms with van der Waals surface area (Å²) >= 11 is 0. The molecule has 0 saturated heterocycles. The molecular weight excluding hydrogens is 354 g/mol. The standard InChI is InChI=1S/C14H15NO5.C2H4O.C2H6.CH4O/c16-10-1-8-2-12-13(20-7-19-12)3-9(8)6-15-14(18)5-11(17)4-10;1-2-3;2*1-2/h2-3,11,17H,1,4-7H2,(H,15,18);2H,1H3;1-2H3;2H,1H3/t11-;;;/m1.../s1. The summed E-state index contributed by atoms with van der Waals surface area (Å²) in [7, 11) is 1.00. The van der Waals surface area contributed by atoms with Gasteiger partial charge in [-0.25, -0.2) is 0 Å². The topological polar surface area (TPSA) is 122 Å². The third-order valence-corrected chi connectivity index (χ3v) is 3.44. The highest BCUT2D eigenvalue weighted by Gasteiger charge is 2.22. The Labute approximate surface area is 159 Å². The van der Waals surface area contributed by atoms with E-state index in [0.29, 0.717) is 18.0 Å². The molecule has 1 aromatic carbocycles. The Hall–Kier alpha value is -2.45. The molecule has 3 rings (SSSR count). The van der Waals surface area contributed by atoms with Crippen molar-refractivity contribution in [2.24, 2.45) is 0 Å². The van der Waals surface area contributed by atoms with Crippen LogP contribution in [0.25, 0.3) is 0 Å². The normalized spacial score (nSPS) is 17.3. The maximum absolute atomic E-state index is 11.9. The van der Waals surface area contributed by atoms with E-state index in [4.69, 9.17) is 19.4 Å². The first kappa shape index (κ1) is 24.6. The molecule has 8 heteroatoms. The smallest absolute Gasteiger partial charge is 0.231 e. The molecule has 1 atom stereocenters. The van der Waals surface area contributed by atoms with Gasteiger partial charge in [-0.2, -0.15) is 0 Å². The molecular formula is C19H29NO7. The van der Waals surface area contributed by atoms with Gasteiger partial charge in [0.15, 0.2) is 11.5 Å². The molecule has 2 aliphatic rings. The van der Waals surface area contributed by atoms with Gasteiger partial charge in [-0.1, -0.05) is 13.8 Å². The number of aliphatic hydroxyl groups is 2. The van der Waals surface area contributed by atoms with Gasteiger partial charge in [-0.15, -0.1) is 0 Å². The second kappa shape index (κ2) is 13.7. The lowest BCUT2D eigenvalue weighted by Gasteiger charge is -2.16. The Bertz CT molecular complexity index is 616. The van der Waals surface area contributed by atoms with Gasteiger partial charge in [0.1, 0.15) is 12.1 Å². The Balaban J connectivity index is 0.000000860. The van der Waals surface area contributed by atoms with Gasteiger partial charge >= 0.3 is 0 Å². The number of aldehydes is 1. The van der Waals surface area contributed by atoms with E-state index in [9.17, 15) is 14.7 Å². The molecule has 0 fully saturated rings. The second-order valence-electron chi connectivity index (χ2n) is 5.26. The number of hydrogen-bond donors (Lipinski definition) is 3. The summed E-state index contributed by atoms with van der Waals surface area (Å²) in [5.41, 5.74) is 1.64. The first-order valence-electron chi connectivity index (χ1n) is 8.75. The zero-order chi connectivity index (χ0) is 20.8. The number of carbonyl (C=O) groups is 3. The molecule has 8 nitrogen and oxygen atoms in total. The monoisotopic (exact) mass is 383 g/mol. The van der Waals surface area contributed by atoms with Gasteiger partial charge in [-0.05, 0) is 30.2 Å². The van der Waals surface area contributed by atoms with Crippen LogP contribution in [0.15, 0.2) is 12.1 Å². The van der Waals surface area contributed by atoms with Crippen LogP contribution in [0.2, 0.25) is 0 Å². The highest BCUT2D eigenvalue weighted by atomic mass is 16.7. The molecule has 152 valence electrons. The van der Waals surface area contributed by atoms with Crippen molar-refractivity contribution in [1.29, 1.82) is 0 Å². The summed E-state index contributed by atoms with van der Waals surface area (Å²) in [5, 5.41) is 19.4. The number of fused-ring (bicyclic) bond motifs is 2. The van der Waals surface area contributed by atoms with E-state index < -0.39 is 6.10 Å². The lowest BCUT2D eigenvalue weighted by Crippen LogP contribution is -2.30. The van der Waals surface area contributed by atoms with Crippen molar-refractivity contribution in [3.63, 3.8) is 0 Å². The van der Waals surface area contributed by atoms with E-state index in [1.807, 2.05) is 13.8 Å². The fourth-order valence-corrected chi connectivity index (χ4v) is 2.45. The van der Waals surface area contributed by atoms with Crippen LogP contribution < -0.4 is 14.8 Å². The number of benzene rings is 1. The largest absolute Gasteiger partial charge is 0.454 e. The average molecular weight is 383 g/mol. The summed E-state index contributed by atoms with van der Waals surface area (Å²) in [5.74, 6) is 0.881. The number of ether oxygens (including phenoxy) is 2. The third kappa shape index (κ3) is 8.19. The first-order chi connectivity index (χ1) is 13.0. The number of ketones is 1. The number of carbonyl (C=O) groups excluding carboxylic acids is 3. The predicted molar refractivity (Wildman–Crippen MR) is 99.6 cm³/mol. The van der Waals surface area contributed by atoms with Crippen LogP contribution in [0.5, 0.6) is 11.5 Å². The molecule has 1 amide bonds. The fraction of sp³-hybridized carbons (Fsp3) is 0.526. The lowest BCUT2D eigenvalue weighted by molar-refractivity contribution is -0.125. The first-order valence-corrected chi connectivity index (χ1v) is 8.75. The highest BCUT2D eigenvalue weighted by molar-refractivity contribution is 5.84. The third-order valence-electron chi connectivity index (χ3n) is 3.44. The van der Waals surface area contributed by atoms with Crippen molar-refractivity contribution in [3.8, 4) is 11.5 Å². The quantitative estimate of drug-likeness (QED) is 0.574. The van der Waals surface area contributed by atoms with Crippen molar-refractivity contribution < 1.29 is 34.1 Å². The summed E-state index contributed by atoms with van der Waals surface area (Å²) in [4.78, 5) is 32.3. The van der Waals surface area contributed by atoms with Gasteiger partial charge < -0.3 is 29.8 Å². The highest BCUT2D eigenvalue weighted by Crippen LogP contribution is 2.35. The summed E-state index contributed by atoms with van der Waals surface area (Å²) in [6, 6.07) is 3.57. The van der Waals surface area contributed by atoms with Crippen molar-refractivity contribution in [2.45, 2.75) is 52.7 Å². The van der Waals surface area contributed by atoms with Gasteiger partial charge in [0.25, 0.3) is 0 Å². The zero-order valence-corrected chi connectivity index (χ0v) is 16.3. The lowest BCUT2D eigenvalue weighted by atomic mass is 9.97. The molecule has 27 heavy (non-hydrogen) atoms. The number of aliphatic hydroxyl groups excluding tert-OH is 2. The molecule has 2 aliphatic heterocycles. The summed E-state index contributed by atoms with van der Waals surface area (Å²) in [6.45, 7) is 5.92. The van der Waals surface area contributed by atoms with Crippen LogP contribution in [-0.4, -0.2) is 48.2 Å². The van der Waals surface area contributed by atoms with Crippen molar-refractivity contribution in [3.05, 3.63) is 23.3 Å². The van der Waals surface area contributed by atoms with Crippen molar-refractivity contribution in [2.75, 3.05) is 13.9 Å². The van der Waals surface area contributed by atoms with E-state index >= 15 is 0 Å². The maximum atomic E-state index is 11.9. The molecule has 0 aromatic heterocycles. The molecule has 1 aromatic rings.